The lowest BCUT2D eigenvalue weighted by Crippen LogP contribution is -2.38. The van der Waals surface area contributed by atoms with Crippen LogP contribution in [0.25, 0.3) is 0 Å². The number of rotatable bonds is 4. The van der Waals surface area contributed by atoms with Gasteiger partial charge in [-0.15, -0.1) is 0 Å². The molecule has 0 aromatic carbocycles. The SMILES string of the molecule is S=C(S)[P+](C1CCCCC1)(C1CCCCC1)C1CCCCC1. The first-order valence-corrected chi connectivity index (χ1v) is 12.7. The van der Waals surface area contributed by atoms with Crippen LogP contribution < -0.4 is 0 Å². The van der Waals surface area contributed by atoms with Crippen molar-refractivity contribution in [1.29, 1.82) is 0 Å². The summed E-state index contributed by atoms with van der Waals surface area (Å²) in [5.74, 6) is 0. The molecule has 3 aliphatic rings. The first-order valence-electron chi connectivity index (χ1n) is 9.88. The van der Waals surface area contributed by atoms with Crippen LogP contribution in [0.1, 0.15) is 96.3 Å². The topological polar surface area (TPSA) is 0 Å². The van der Waals surface area contributed by atoms with E-state index < -0.39 is 7.26 Å². The Hall–Kier alpha value is 0.870. The van der Waals surface area contributed by atoms with Crippen molar-refractivity contribution >= 4 is 36.0 Å². The Balaban J connectivity index is 1.94. The van der Waals surface area contributed by atoms with E-state index in [1.807, 2.05) is 0 Å². The molecule has 22 heavy (non-hydrogen) atoms. The summed E-state index contributed by atoms with van der Waals surface area (Å²) in [6.07, 6.45) is 22.0. The molecular weight excluding hydrogens is 323 g/mol. The fraction of sp³-hybridized carbons (Fsp3) is 0.947. The summed E-state index contributed by atoms with van der Waals surface area (Å²) in [7, 11) is -1.20. The van der Waals surface area contributed by atoms with Crippen LogP contribution in [-0.4, -0.2) is 20.9 Å². The second-order valence-electron chi connectivity index (χ2n) is 7.99. The van der Waals surface area contributed by atoms with Crippen LogP contribution in [0.5, 0.6) is 0 Å². The van der Waals surface area contributed by atoms with Gasteiger partial charge in [-0.1, -0.05) is 31.9 Å². The molecule has 0 spiro atoms. The molecule has 0 saturated heterocycles. The minimum atomic E-state index is -1.20. The van der Waals surface area contributed by atoms with Gasteiger partial charge in [-0.05, 0) is 89.3 Å². The molecule has 126 valence electrons. The van der Waals surface area contributed by atoms with Gasteiger partial charge in [0.25, 0.3) is 0 Å². The van der Waals surface area contributed by atoms with Crippen LogP contribution in [0, 0.1) is 0 Å². The van der Waals surface area contributed by atoms with Gasteiger partial charge in [0, 0.05) is 0 Å². The van der Waals surface area contributed by atoms with E-state index >= 15 is 0 Å². The maximum atomic E-state index is 5.99. The standard InChI is InChI=1S/C19H33PS2/c21-19(22)20(16-10-4-1-5-11-16,17-12-6-2-7-13-17)18-14-8-3-9-15-18/h16-18H,1-15H2/p+1. The minimum Gasteiger partial charge on any atom is -0.0940 e. The smallest absolute Gasteiger partial charge is 0.0940 e. The molecule has 0 N–H and O–H groups in total. The van der Waals surface area contributed by atoms with Gasteiger partial charge in [-0.2, -0.15) is 0 Å². The second kappa shape index (κ2) is 8.30. The quantitative estimate of drug-likeness (QED) is 0.315. The van der Waals surface area contributed by atoms with Crippen molar-refractivity contribution in [3.63, 3.8) is 0 Å². The average molecular weight is 358 g/mol. The van der Waals surface area contributed by atoms with Crippen molar-refractivity contribution in [3.8, 4) is 0 Å². The lowest BCUT2D eigenvalue weighted by molar-refractivity contribution is 0.456. The lowest BCUT2D eigenvalue weighted by atomic mass is 9.99. The van der Waals surface area contributed by atoms with Crippen molar-refractivity contribution < 1.29 is 0 Å². The summed E-state index contributed by atoms with van der Waals surface area (Å²) in [6, 6.07) is 0. The van der Waals surface area contributed by atoms with Crippen LogP contribution >= 0.6 is 32.1 Å². The van der Waals surface area contributed by atoms with Crippen molar-refractivity contribution in [2.75, 3.05) is 0 Å². The van der Waals surface area contributed by atoms with Crippen LogP contribution in [0.3, 0.4) is 0 Å². The molecule has 0 aliphatic heterocycles. The first kappa shape index (κ1) is 17.7. The highest BCUT2D eigenvalue weighted by molar-refractivity contribution is 8.31. The molecule has 3 heteroatoms. The maximum Gasteiger partial charge on any atom is 0.187 e. The van der Waals surface area contributed by atoms with Gasteiger partial charge in [0.15, 0.2) is 3.94 Å². The van der Waals surface area contributed by atoms with Crippen LogP contribution in [0.15, 0.2) is 0 Å². The van der Waals surface area contributed by atoms with Gasteiger partial charge in [0.05, 0.1) is 24.2 Å². The molecule has 0 radical (unpaired) electrons. The summed E-state index contributed by atoms with van der Waals surface area (Å²) in [4.78, 5) is 0. The Bertz CT molecular complexity index is 318. The molecule has 0 bridgehead atoms. The normalized spacial score (nSPS) is 27.0. The van der Waals surface area contributed by atoms with Crippen LogP contribution in [0.2, 0.25) is 0 Å². The number of thiol groups is 1. The highest BCUT2D eigenvalue weighted by atomic mass is 32.1. The number of hydrogen-bond donors (Lipinski definition) is 1. The summed E-state index contributed by atoms with van der Waals surface area (Å²) in [6.45, 7) is 0. The fourth-order valence-electron chi connectivity index (χ4n) is 5.89. The van der Waals surface area contributed by atoms with Gasteiger partial charge < -0.3 is 0 Å². The third-order valence-electron chi connectivity index (χ3n) is 6.87. The van der Waals surface area contributed by atoms with Gasteiger partial charge in [-0.3, -0.25) is 0 Å². The predicted molar refractivity (Wildman–Crippen MR) is 109 cm³/mol. The molecule has 3 fully saturated rings. The molecule has 3 saturated carbocycles. The van der Waals surface area contributed by atoms with Crippen molar-refractivity contribution in [2.24, 2.45) is 0 Å². The van der Waals surface area contributed by atoms with Crippen molar-refractivity contribution in [2.45, 2.75) is 113 Å². The Kier molecular flexibility index (Phi) is 6.68. The fourth-order valence-corrected chi connectivity index (χ4v) is 15.1. The summed E-state index contributed by atoms with van der Waals surface area (Å²) in [5, 5.41) is 0. The van der Waals surface area contributed by atoms with Crippen molar-refractivity contribution in [1.82, 2.24) is 0 Å². The lowest BCUT2D eigenvalue weighted by Gasteiger charge is -2.47. The molecule has 0 amide bonds. The van der Waals surface area contributed by atoms with E-state index in [-0.39, 0.29) is 0 Å². The summed E-state index contributed by atoms with van der Waals surface area (Å²) < 4.78 is 1.22. The molecule has 0 atom stereocenters. The molecular formula is C19H34PS2+. The van der Waals surface area contributed by atoms with Crippen molar-refractivity contribution in [3.05, 3.63) is 0 Å². The van der Waals surface area contributed by atoms with E-state index in [2.05, 4.69) is 0 Å². The predicted octanol–water partition coefficient (Wildman–Crippen LogP) is 7.22. The Morgan fingerprint density at radius 1 is 0.591 bits per heavy atom. The zero-order valence-corrected chi connectivity index (χ0v) is 16.7. The number of thiocarbonyl (C=S) groups is 1. The molecule has 0 aromatic rings. The van der Waals surface area contributed by atoms with E-state index in [1.165, 1.54) is 100 Å². The summed E-state index contributed by atoms with van der Waals surface area (Å²) in [5.41, 5.74) is 2.87. The molecule has 0 heterocycles. The van der Waals surface area contributed by atoms with Gasteiger partial charge in [0.2, 0.25) is 0 Å². The molecule has 0 nitrogen and oxygen atoms in total. The van der Waals surface area contributed by atoms with Crippen LogP contribution in [0.4, 0.5) is 0 Å². The highest BCUT2D eigenvalue weighted by Gasteiger charge is 2.59. The zero-order valence-electron chi connectivity index (χ0n) is 14.1. The average Bonchev–Trinajstić information content (AvgIpc) is 2.58. The van der Waals surface area contributed by atoms with Crippen LogP contribution in [-0.2, 0) is 0 Å². The first-order chi connectivity index (χ1) is 10.8. The molecule has 3 aliphatic carbocycles. The Morgan fingerprint density at radius 2 is 0.864 bits per heavy atom. The van der Waals surface area contributed by atoms with E-state index in [1.54, 1.807) is 0 Å². The maximum absolute atomic E-state index is 5.99. The zero-order chi connectivity index (χ0) is 15.4. The minimum absolute atomic E-state index is 0.956. The van der Waals surface area contributed by atoms with E-state index in [0.717, 1.165) is 17.0 Å². The monoisotopic (exact) mass is 357 g/mol. The van der Waals surface area contributed by atoms with E-state index in [4.69, 9.17) is 24.8 Å². The third kappa shape index (κ3) is 3.45. The van der Waals surface area contributed by atoms with Gasteiger partial charge in [-0.25, -0.2) is 0 Å². The molecule has 0 aromatic heterocycles. The molecule has 0 unspecified atom stereocenters. The van der Waals surface area contributed by atoms with E-state index in [9.17, 15) is 0 Å². The largest absolute Gasteiger partial charge is 0.187 e. The molecule has 3 rings (SSSR count). The second-order valence-corrected chi connectivity index (χ2v) is 14.1. The Morgan fingerprint density at radius 3 is 1.09 bits per heavy atom. The van der Waals surface area contributed by atoms with Gasteiger partial charge >= 0.3 is 0 Å². The summed E-state index contributed by atoms with van der Waals surface area (Å²) >= 11 is 11.0. The van der Waals surface area contributed by atoms with E-state index in [0.29, 0.717) is 0 Å². The van der Waals surface area contributed by atoms with Gasteiger partial charge in [0.1, 0.15) is 0 Å². The highest BCUT2D eigenvalue weighted by Crippen LogP contribution is 2.78. The third-order valence-corrected chi connectivity index (χ3v) is 14.7. The number of hydrogen-bond acceptors (Lipinski definition) is 1. The Labute approximate surface area is 149 Å².